The summed E-state index contributed by atoms with van der Waals surface area (Å²) in [6, 6.07) is 11.9. The molecule has 4 rings (SSSR count). The van der Waals surface area contributed by atoms with Crippen LogP contribution in [0.1, 0.15) is 17.3 Å². The van der Waals surface area contributed by atoms with Gasteiger partial charge in [-0.2, -0.15) is 0 Å². The molecule has 6 nitrogen and oxygen atoms in total. The van der Waals surface area contributed by atoms with Crippen LogP contribution < -0.4 is 15.1 Å². The largest absolute Gasteiger partial charge is 0.494 e. The summed E-state index contributed by atoms with van der Waals surface area (Å²) in [6.45, 7) is 2.35. The second kappa shape index (κ2) is 7.96. The van der Waals surface area contributed by atoms with Crippen LogP contribution in [0.15, 0.2) is 66.8 Å². The van der Waals surface area contributed by atoms with Gasteiger partial charge in [-0.15, -0.1) is 0 Å². The molecule has 4 aromatic rings. The second-order valence-corrected chi connectivity index (χ2v) is 7.75. The van der Waals surface area contributed by atoms with E-state index in [0.717, 1.165) is 9.86 Å². The topological polar surface area (TPSA) is 78.6 Å². The SMILES string of the molecule is CCOc1ccc2cc(C(=O)Oc3c(Br)cc(Br)c4cccnc34)c(=O)oc2c1. The Labute approximate surface area is 181 Å². The first-order valence-corrected chi connectivity index (χ1v) is 10.2. The molecule has 0 aliphatic heterocycles. The van der Waals surface area contributed by atoms with Gasteiger partial charge in [-0.3, -0.25) is 4.98 Å². The van der Waals surface area contributed by atoms with Crippen molar-refractivity contribution in [3.8, 4) is 11.5 Å². The monoisotopic (exact) mass is 517 g/mol. The number of benzene rings is 2. The first-order valence-electron chi connectivity index (χ1n) is 8.63. The Morgan fingerprint density at radius 2 is 1.97 bits per heavy atom. The predicted octanol–water partition coefficient (Wildman–Crippen LogP) is 5.48. The predicted molar refractivity (Wildman–Crippen MR) is 116 cm³/mol. The van der Waals surface area contributed by atoms with E-state index < -0.39 is 11.6 Å². The van der Waals surface area contributed by atoms with Crippen molar-refractivity contribution in [1.82, 2.24) is 4.98 Å². The van der Waals surface area contributed by atoms with Crippen molar-refractivity contribution >= 4 is 59.7 Å². The van der Waals surface area contributed by atoms with Crippen molar-refractivity contribution in [2.24, 2.45) is 0 Å². The van der Waals surface area contributed by atoms with E-state index in [9.17, 15) is 9.59 Å². The van der Waals surface area contributed by atoms with Gasteiger partial charge in [0.25, 0.3) is 0 Å². The minimum absolute atomic E-state index is 0.208. The van der Waals surface area contributed by atoms with Crippen LogP contribution in [0.2, 0.25) is 0 Å². The van der Waals surface area contributed by atoms with Gasteiger partial charge in [0.05, 0.1) is 11.1 Å². The summed E-state index contributed by atoms with van der Waals surface area (Å²) >= 11 is 6.85. The number of pyridine rings is 1. The van der Waals surface area contributed by atoms with Crippen molar-refractivity contribution in [1.29, 1.82) is 0 Å². The van der Waals surface area contributed by atoms with Crippen molar-refractivity contribution < 1.29 is 18.7 Å². The lowest BCUT2D eigenvalue weighted by atomic mass is 10.1. The second-order valence-electron chi connectivity index (χ2n) is 6.04. The molecule has 0 N–H and O–H groups in total. The third kappa shape index (κ3) is 3.77. The summed E-state index contributed by atoms with van der Waals surface area (Å²) in [7, 11) is 0. The number of hydrogen-bond acceptors (Lipinski definition) is 6. The summed E-state index contributed by atoms with van der Waals surface area (Å²) in [5, 5.41) is 1.35. The molecule has 0 amide bonds. The van der Waals surface area contributed by atoms with E-state index in [1.54, 1.807) is 36.5 Å². The number of carbonyl (C=O) groups excluding carboxylic acids is 1. The zero-order valence-corrected chi connectivity index (χ0v) is 18.2. The first kappa shape index (κ1) is 19.6. The number of esters is 1. The fourth-order valence-electron chi connectivity index (χ4n) is 2.88. The van der Waals surface area contributed by atoms with Crippen molar-refractivity contribution in [3.63, 3.8) is 0 Å². The fourth-order valence-corrected chi connectivity index (χ4v) is 4.24. The Kier molecular flexibility index (Phi) is 5.38. The average Bonchev–Trinajstić information content (AvgIpc) is 2.70. The molecule has 0 bridgehead atoms. The molecule has 2 heterocycles. The van der Waals surface area contributed by atoms with E-state index in [2.05, 4.69) is 36.8 Å². The Bertz CT molecular complexity index is 1320. The van der Waals surface area contributed by atoms with Crippen LogP contribution in [0.5, 0.6) is 11.5 Å². The van der Waals surface area contributed by atoms with Crippen LogP contribution in [0.3, 0.4) is 0 Å². The Morgan fingerprint density at radius 1 is 1.14 bits per heavy atom. The third-order valence-corrected chi connectivity index (χ3v) is 5.43. The molecule has 29 heavy (non-hydrogen) atoms. The molecule has 0 atom stereocenters. The smallest absolute Gasteiger partial charge is 0.351 e. The third-order valence-electron chi connectivity index (χ3n) is 4.18. The minimum atomic E-state index is -0.829. The number of rotatable bonds is 4. The number of aromatic nitrogens is 1. The Hall–Kier alpha value is -2.71. The molecule has 0 aliphatic carbocycles. The van der Waals surface area contributed by atoms with E-state index in [0.29, 0.717) is 33.3 Å². The van der Waals surface area contributed by atoms with Crippen molar-refractivity contribution in [2.75, 3.05) is 6.61 Å². The number of nitrogens with zero attached hydrogens (tertiary/aromatic N) is 1. The Morgan fingerprint density at radius 3 is 2.76 bits per heavy atom. The molecule has 0 fully saturated rings. The summed E-state index contributed by atoms with van der Waals surface area (Å²) in [5.41, 5.74) is -0.190. The number of halogens is 2. The molecular weight excluding hydrogens is 506 g/mol. The fraction of sp³-hybridized carbons (Fsp3) is 0.0952. The number of carbonyl (C=O) groups is 1. The van der Waals surface area contributed by atoms with Crippen LogP contribution in [0.4, 0.5) is 0 Å². The van der Waals surface area contributed by atoms with Gasteiger partial charge in [0.15, 0.2) is 5.75 Å². The maximum atomic E-state index is 12.8. The highest BCUT2D eigenvalue weighted by Gasteiger charge is 2.20. The van der Waals surface area contributed by atoms with Crippen LogP contribution in [-0.4, -0.2) is 17.6 Å². The van der Waals surface area contributed by atoms with Gasteiger partial charge in [0.1, 0.15) is 22.4 Å². The summed E-state index contributed by atoms with van der Waals surface area (Å²) in [4.78, 5) is 29.5. The van der Waals surface area contributed by atoms with Gasteiger partial charge < -0.3 is 13.9 Å². The molecule has 0 saturated heterocycles. The molecule has 2 aromatic carbocycles. The van der Waals surface area contributed by atoms with Gasteiger partial charge in [-0.25, -0.2) is 9.59 Å². The first-order chi connectivity index (χ1) is 14.0. The van der Waals surface area contributed by atoms with Crippen LogP contribution in [0, 0.1) is 0 Å². The van der Waals surface area contributed by atoms with Crippen LogP contribution in [-0.2, 0) is 0 Å². The highest BCUT2D eigenvalue weighted by Crippen LogP contribution is 2.37. The van der Waals surface area contributed by atoms with E-state index in [1.165, 1.54) is 6.07 Å². The molecule has 0 spiro atoms. The van der Waals surface area contributed by atoms with Gasteiger partial charge >= 0.3 is 11.6 Å². The maximum absolute atomic E-state index is 12.8. The van der Waals surface area contributed by atoms with E-state index >= 15 is 0 Å². The van der Waals surface area contributed by atoms with Gasteiger partial charge in [-0.1, -0.05) is 22.0 Å². The molecular formula is C21H13Br2NO5. The quantitative estimate of drug-likeness (QED) is 0.202. The van der Waals surface area contributed by atoms with E-state index in [1.807, 2.05) is 13.0 Å². The standard InChI is InChI=1S/C21H13Br2NO5/c1-2-27-12-6-5-11-8-14(20(25)28-17(11)9-12)21(26)29-19-16(23)10-15(22)13-4-3-7-24-18(13)19/h3-10H,2H2,1H3. The van der Waals surface area contributed by atoms with Crippen molar-refractivity contribution in [3.05, 3.63) is 73.6 Å². The molecule has 146 valence electrons. The zero-order chi connectivity index (χ0) is 20.5. The van der Waals surface area contributed by atoms with Crippen LogP contribution in [0.25, 0.3) is 21.9 Å². The van der Waals surface area contributed by atoms with E-state index in [-0.39, 0.29) is 11.3 Å². The molecule has 8 heteroatoms. The number of ether oxygens (including phenoxy) is 2. The molecule has 0 saturated carbocycles. The molecule has 0 aliphatic rings. The highest BCUT2D eigenvalue weighted by atomic mass is 79.9. The van der Waals surface area contributed by atoms with E-state index in [4.69, 9.17) is 13.9 Å². The number of fused-ring (bicyclic) bond motifs is 2. The molecule has 0 radical (unpaired) electrons. The lowest BCUT2D eigenvalue weighted by Gasteiger charge is -2.10. The zero-order valence-electron chi connectivity index (χ0n) is 15.1. The lowest BCUT2D eigenvalue weighted by Crippen LogP contribution is -2.19. The maximum Gasteiger partial charge on any atom is 0.351 e. The highest BCUT2D eigenvalue weighted by molar-refractivity contribution is 9.11. The number of hydrogen-bond donors (Lipinski definition) is 0. The van der Waals surface area contributed by atoms with Crippen LogP contribution >= 0.6 is 31.9 Å². The molecule has 2 aromatic heterocycles. The summed E-state index contributed by atoms with van der Waals surface area (Å²) < 4.78 is 17.6. The normalized spacial score (nSPS) is 11.0. The van der Waals surface area contributed by atoms with Gasteiger partial charge in [-0.05, 0) is 53.2 Å². The van der Waals surface area contributed by atoms with Gasteiger partial charge in [0, 0.05) is 27.5 Å². The van der Waals surface area contributed by atoms with Gasteiger partial charge in [0.2, 0.25) is 0 Å². The molecule has 0 unspecified atom stereocenters. The minimum Gasteiger partial charge on any atom is -0.494 e. The summed E-state index contributed by atoms with van der Waals surface area (Å²) in [6.07, 6.45) is 1.60. The Balaban J connectivity index is 1.75. The summed E-state index contributed by atoms with van der Waals surface area (Å²) in [5.74, 6) is -0.0284. The average molecular weight is 519 g/mol. The lowest BCUT2D eigenvalue weighted by molar-refractivity contribution is 0.0731. The van der Waals surface area contributed by atoms with Crippen molar-refractivity contribution in [2.45, 2.75) is 6.92 Å².